The predicted octanol–water partition coefficient (Wildman–Crippen LogP) is 1.60. The molecule has 0 fully saturated rings. The summed E-state index contributed by atoms with van der Waals surface area (Å²) in [6, 6.07) is 6.11. The molecule has 0 aliphatic rings. The van der Waals surface area contributed by atoms with Crippen molar-refractivity contribution in [1.29, 1.82) is 0 Å². The van der Waals surface area contributed by atoms with E-state index in [2.05, 4.69) is 15.6 Å². The summed E-state index contributed by atoms with van der Waals surface area (Å²) < 4.78 is 35.7. The van der Waals surface area contributed by atoms with Gasteiger partial charge in [-0.25, -0.2) is 4.39 Å². The predicted molar refractivity (Wildman–Crippen MR) is 142 cm³/mol. The number of halogens is 2. The Balaban J connectivity index is 1.64. The molecule has 2 rings (SSSR count). The van der Waals surface area contributed by atoms with Crippen LogP contribution in [0, 0.1) is 9.39 Å². The number of carbonyl (C=O) groups excluding carboxylic acids is 2. The van der Waals surface area contributed by atoms with Gasteiger partial charge in [-0.15, -0.1) is 0 Å². The first kappa shape index (κ1) is 30.8. The summed E-state index contributed by atoms with van der Waals surface area (Å²) in [4.78, 5) is 28.4. The second-order valence-corrected chi connectivity index (χ2v) is 8.84. The van der Waals surface area contributed by atoms with Gasteiger partial charge in [0.1, 0.15) is 18.5 Å². The van der Waals surface area contributed by atoms with Crippen molar-refractivity contribution in [3.63, 3.8) is 0 Å². The quantitative estimate of drug-likeness (QED) is 0.108. The molecular weight excluding hydrogens is 602 g/mol. The van der Waals surface area contributed by atoms with Gasteiger partial charge in [-0.3, -0.25) is 14.6 Å². The van der Waals surface area contributed by atoms with Crippen LogP contribution in [-0.4, -0.2) is 87.4 Å². The maximum atomic E-state index is 14.2. The van der Waals surface area contributed by atoms with Crippen molar-refractivity contribution in [2.45, 2.75) is 12.5 Å². The smallest absolute Gasteiger partial charge is 0.308 e. The SMILES string of the molecule is NCCOCCOCCOCCC(=O)OC[C@@H](O)CNC(=O)c1ccncc1Nc1ccc(I)cc1F. The molecule has 5 N–H and O–H groups in total. The lowest BCUT2D eigenvalue weighted by atomic mass is 10.2. The summed E-state index contributed by atoms with van der Waals surface area (Å²) in [6.45, 7) is 2.24. The van der Waals surface area contributed by atoms with E-state index in [0.29, 0.717) is 45.3 Å². The van der Waals surface area contributed by atoms with Crippen molar-refractivity contribution in [1.82, 2.24) is 10.3 Å². The summed E-state index contributed by atoms with van der Waals surface area (Å²) >= 11 is 2.00. The zero-order valence-electron chi connectivity index (χ0n) is 20.3. The fourth-order valence-corrected chi connectivity index (χ4v) is 3.29. The topological polar surface area (TPSA) is 154 Å². The number of hydrogen-bond donors (Lipinski definition) is 4. The number of aromatic nitrogens is 1. The number of ether oxygens (including phenoxy) is 4. The van der Waals surface area contributed by atoms with Crippen LogP contribution in [0.5, 0.6) is 0 Å². The van der Waals surface area contributed by atoms with Gasteiger partial charge in [0.05, 0.1) is 69.2 Å². The van der Waals surface area contributed by atoms with Gasteiger partial charge in [0.15, 0.2) is 0 Å². The zero-order chi connectivity index (χ0) is 26.9. The molecule has 1 aromatic carbocycles. The molecule has 1 heterocycles. The molecule has 204 valence electrons. The number of nitrogens with two attached hydrogens (primary N) is 1. The number of hydrogen-bond acceptors (Lipinski definition) is 10. The van der Waals surface area contributed by atoms with Crippen molar-refractivity contribution < 1.29 is 38.0 Å². The van der Waals surface area contributed by atoms with Gasteiger partial charge < -0.3 is 40.4 Å². The van der Waals surface area contributed by atoms with E-state index in [4.69, 9.17) is 24.7 Å². The molecule has 13 heteroatoms. The number of benzene rings is 1. The van der Waals surface area contributed by atoms with E-state index in [1.807, 2.05) is 22.6 Å². The van der Waals surface area contributed by atoms with Crippen LogP contribution in [0.2, 0.25) is 0 Å². The third kappa shape index (κ3) is 12.6. The van der Waals surface area contributed by atoms with Gasteiger partial charge in [0, 0.05) is 22.9 Å². The van der Waals surface area contributed by atoms with Crippen molar-refractivity contribution in [2.75, 3.05) is 64.7 Å². The number of pyridine rings is 1. The lowest BCUT2D eigenvalue weighted by Crippen LogP contribution is -2.35. The molecule has 0 saturated heterocycles. The molecule has 0 spiro atoms. The van der Waals surface area contributed by atoms with Crippen LogP contribution < -0.4 is 16.4 Å². The maximum absolute atomic E-state index is 14.2. The average Bonchev–Trinajstić information content (AvgIpc) is 2.89. The highest BCUT2D eigenvalue weighted by Crippen LogP contribution is 2.23. The van der Waals surface area contributed by atoms with E-state index in [1.54, 1.807) is 12.1 Å². The summed E-state index contributed by atoms with van der Waals surface area (Å²) in [7, 11) is 0. The number of esters is 1. The van der Waals surface area contributed by atoms with Gasteiger partial charge in [-0.2, -0.15) is 0 Å². The van der Waals surface area contributed by atoms with Crippen LogP contribution >= 0.6 is 22.6 Å². The molecule has 0 radical (unpaired) electrons. The van der Waals surface area contributed by atoms with Crippen LogP contribution in [0.1, 0.15) is 16.8 Å². The normalized spacial score (nSPS) is 11.7. The first-order valence-electron chi connectivity index (χ1n) is 11.6. The number of nitrogens with one attached hydrogen (secondary N) is 2. The number of carbonyl (C=O) groups is 2. The van der Waals surface area contributed by atoms with Crippen LogP contribution in [0.3, 0.4) is 0 Å². The number of rotatable bonds is 18. The van der Waals surface area contributed by atoms with E-state index in [1.165, 1.54) is 24.5 Å². The Kier molecular flexibility index (Phi) is 14.9. The number of amides is 1. The Hall–Kier alpha value is -2.43. The van der Waals surface area contributed by atoms with Crippen LogP contribution in [0.25, 0.3) is 0 Å². The zero-order valence-corrected chi connectivity index (χ0v) is 22.4. The van der Waals surface area contributed by atoms with Crippen LogP contribution in [0.4, 0.5) is 15.8 Å². The van der Waals surface area contributed by atoms with E-state index in [0.717, 1.165) is 3.57 Å². The van der Waals surface area contributed by atoms with Gasteiger partial charge in [0.2, 0.25) is 0 Å². The first-order valence-corrected chi connectivity index (χ1v) is 12.7. The molecule has 0 bridgehead atoms. The average molecular weight is 634 g/mol. The van der Waals surface area contributed by atoms with E-state index in [9.17, 15) is 19.1 Å². The molecule has 37 heavy (non-hydrogen) atoms. The lowest BCUT2D eigenvalue weighted by molar-refractivity contribution is -0.147. The molecule has 0 saturated carbocycles. The third-order valence-electron chi connectivity index (χ3n) is 4.66. The van der Waals surface area contributed by atoms with Gasteiger partial charge >= 0.3 is 5.97 Å². The van der Waals surface area contributed by atoms with Crippen LogP contribution in [0.15, 0.2) is 36.7 Å². The first-order chi connectivity index (χ1) is 17.9. The third-order valence-corrected chi connectivity index (χ3v) is 5.33. The number of anilines is 2. The van der Waals surface area contributed by atoms with E-state index < -0.39 is 23.8 Å². The highest BCUT2D eigenvalue weighted by atomic mass is 127. The minimum Gasteiger partial charge on any atom is -0.463 e. The van der Waals surface area contributed by atoms with Crippen molar-refractivity contribution in [3.05, 3.63) is 51.6 Å². The number of aliphatic hydroxyl groups excluding tert-OH is 1. The Morgan fingerprint density at radius 2 is 1.76 bits per heavy atom. The lowest BCUT2D eigenvalue weighted by Gasteiger charge is -2.15. The van der Waals surface area contributed by atoms with Crippen molar-refractivity contribution in [3.8, 4) is 0 Å². The highest BCUT2D eigenvalue weighted by molar-refractivity contribution is 14.1. The molecule has 1 atom stereocenters. The highest BCUT2D eigenvalue weighted by Gasteiger charge is 2.15. The second kappa shape index (κ2) is 17.9. The van der Waals surface area contributed by atoms with Gasteiger partial charge in [-0.1, -0.05) is 0 Å². The molecule has 1 amide bonds. The van der Waals surface area contributed by atoms with Crippen LogP contribution in [-0.2, 0) is 23.7 Å². The molecule has 0 aliphatic carbocycles. The summed E-state index contributed by atoms with van der Waals surface area (Å²) in [5.41, 5.74) is 6.00. The second-order valence-electron chi connectivity index (χ2n) is 7.59. The monoisotopic (exact) mass is 634 g/mol. The summed E-state index contributed by atoms with van der Waals surface area (Å²) in [6.07, 6.45) is 1.72. The van der Waals surface area contributed by atoms with Crippen molar-refractivity contribution >= 4 is 45.8 Å². The molecule has 2 aromatic rings. The van der Waals surface area contributed by atoms with E-state index >= 15 is 0 Å². The summed E-state index contributed by atoms with van der Waals surface area (Å²) in [5, 5.41) is 15.5. The standard InChI is InChI=1S/C24H32FIN4O7/c25-20-13-17(26)1-2-21(20)30-22-15-28-6-3-19(22)24(33)29-14-18(31)16-37-23(32)4-7-34-9-11-36-12-10-35-8-5-27/h1-3,6,13,15,18,30-31H,4-5,7-12,14,16,27H2,(H,29,33)/t18-/m0/s1. The molecule has 0 aliphatic heterocycles. The fraction of sp³-hybridized carbons (Fsp3) is 0.458. The number of nitrogens with zero attached hydrogens (tertiary/aromatic N) is 1. The Morgan fingerprint density at radius 1 is 1.05 bits per heavy atom. The molecule has 11 nitrogen and oxygen atoms in total. The summed E-state index contributed by atoms with van der Waals surface area (Å²) in [5.74, 6) is -1.52. The number of aliphatic hydroxyl groups is 1. The Bertz CT molecular complexity index is 986. The maximum Gasteiger partial charge on any atom is 0.308 e. The largest absolute Gasteiger partial charge is 0.463 e. The van der Waals surface area contributed by atoms with Gasteiger partial charge in [-0.05, 0) is 46.9 Å². The molecule has 0 unspecified atom stereocenters. The fourth-order valence-electron chi connectivity index (χ4n) is 2.83. The minimum atomic E-state index is -1.12. The Labute approximate surface area is 228 Å². The van der Waals surface area contributed by atoms with Gasteiger partial charge in [0.25, 0.3) is 5.91 Å². The van der Waals surface area contributed by atoms with Crippen molar-refractivity contribution in [2.24, 2.45) is 5.73 Å². The molecule has 1 aromatic heterocycles. The Morgan fingerprint density at radius 3 is 2.46 bits per heavy atom. The minimum absolute atomic E-state index is 0.0137. The van der Waals surface area contributed by atoms with E-state index in [-0.39, 0.29) is 37.4 Å². The molecular formula is C24H32FIN4O7.